The van der Waals surface area contributed by atoms with Gasteiger partial charge in [0, 0.05) is 42.9 Å². The lowest BCUT2D eigenvalue weighted by molar-refractivity contribution is -0.144. The first-order valence-electron chi connectivity index (χ1n) is 31.7. The van der Waals surface area contributed by atoms with Crippen molar-refractivity contribution < 1.29 is 103 Å². The summed E-state index contributed by atoms with van der Waals surface area (Å²) < 4.78 is 0. The number of hydrogen-bond acceptors (Lipinski definition) is 20. The molecule has 38 nitrogen and oxygen atoms in total. The fourth-order valence-corrected chi connectivity index (χ4v) is 9.80. The van der Waals surface area contributed by atoms with E-state index in [-0.39, 0.29) is 50.4 Å². The number of para-hydroxylation sites is 1. The third-order valence-corrected chi connectivity index (χ3v) is 15.3. The number of carbonyl (C=O) groups excluding carboxylic acids is 12. The van der Waals surface area contributed by atoms with Crippen molar-refractivity contribution in [2.45, 2.75) is 165 Å². The Labute approximate surface area is 572 Å². The summed E-state index contributed by atoms with van der Waals surface area (Å²) in [6.07, 6.45) is -4.07. The first kappa shape index (κ1) is 83.2. The van der Waals surface area contributed by atoms with Gasteiger partial charge in [0.05, 0.1) is 38.6 Å². The number of carboxylic acids is 3. The van der Waals surface area contributed by atoms with E-state index in [1.807, 2.05) is 5.32 Å². The molecule has 0 radical (unpaired) electrons. The Morgan fingerprint density at radius 2 is 1.05 bits per heavy atom. The highest BCUT2D eigenvalue weighted by Gasteiger charge is 2.39. The number of primary amides is 1. The summed E-state index contributed by atoms with van der Waals surface area (Å²) in [6, 6.07) is -5.33. The topological polar surface area (TPSA) is 642 Å². The van der Waals surface area contributed by atoms with Crippen LogP contribution in [0.4, 0.5) is 0 Å². The van der Waals surface area contributed by atoms with Crippen molar-refractivity contribution in [2.24, 2.45) is 39.8 Å². The van der Waals surface area contributed by atoms with Gasteiger partial charge < -0.3 is 117 Å². The van der Waals surface area contributed by atoms with Crippen molar-refractivity contribution in [1.82, 2.24) is 63.5 Å². The summed E-state index contributed by atoms with van der Waals surface area (Å²) in [7, 11) is 0. The zero-order valence-electron chi connectivity index (χ0n) is 55.7. The zero-order valence-corrected chi connectivity index (χ0v) is 55.7. The Morgan fingerprint density at radius 3 is 1.62 bits per heavy atom. The summed E-state index contributed by atoms with van der Waals surface area (Å²) >= 11 is 0. The molecule has 38 heteroatoms. The van der Waals surface area contributed by atoms with E-state index in [0.717, 1.165) is 6.92 Å². The molecule has 1 aromatic heterocycles. The second-order valence-corrected chi connectivity index (χ2v) is 23.9. The van der Waals surface area contributed by atoms with E-state index in [1.54, 1.807) is 52.0 Å². The largest absolute Gasteiger partial charge is 0.508 e. The Balaban J connectivity index is 1.97. The van der Waals surface area contributed by atoms with Gasteiger partial charge in [-0.1, -0.05) is 64.4 Å². The zero-order chi connectivity index (χ0) is 75.1. The smallest absolute Gasteiger partial charge is 0.326 e. The number of aromatic amines is 1. The predicted molar refractivity (Wildman–Crippen MR) is 353 cm³/mol. The molecular formula is C62H91N17O21. The highest BCUT2D eigenvalue weighted by molar-refractivity contribution is 6.00. The molecular weight excluding hydrogens is 1320 g/mol. The van der Waals surface area contributed by atoms with E-state index in [0.29, 0.717) is 22.0 Å². The highest BCUT2D eigenvalue weighted by Crippen LogP contribution is 2.21. The molecule has 2 aromatic carbocycles. The number of benzene rings is 2. The number of phenolic OH excluding ortho intramolecular Hbond substituents is 1. The molecule has 0 spiro atoms. The quantitative estimate of drug-likeness (QED) is 0.0142. The summed E-state index contributed by atoms with van der Waals surface area (Å²) in [5.74, 6) is -19.6. The van der Waals surface area contributed by atoms with Crippen molar-refractivity contribution in [2.75, 3.05) is 26.2 Å². The summed E-state index contributed by atoms with van der Waals surface area (Å²) in [5.41, 5.74) is 22.6. The Kier molecular flexibility index (Phi) is 34.3. The number of carbonyl (C=O) groups is 15. The van der Waals surface area contributed by atoms with Crippen molar-refractivity contribution in [3.05, 3.63) is 65.9 Å². The fourth-order valence-electron chi connectivity index (χ4n) is 9.80. The summed E-state index contributed by atoms with van der Waals surface area (Å²) in [5, 5.41) is 86.6. The number of hydrogen-bond donors (Lipinski definition) is 22. The van der Waals surface area contributed by atoms with Crippen LogP contribution < -0.4 is 81.4 Å². The fraction of sp³-hybridized carbons (Fsp3) is 0.516. The van der Waals surface area contributed by atoms with Gasteiger partial charge in [0.15, 0.2) is 5.96 Å². The van der Waals surface area contributed by atoms with E-state index >= 15 is 0 Å². The van der Waals surface area contributed by atoms with Crippen molar-refractivity contribution >= 4 is 106 Å². The van der Waals surface area contributed by atoms with Crippen LogP contribution in [-0.2, 0) is 84.8 Å². The maximum atomic E-state index is 14.8. The Morgan fingerprint density at radius 1 is 0.550 bits per heavy atom. The molecule has 0 saturated carbocycles. The molecule has 0 saturated heterocycles. The van der Waals surface area contributed by atoms with Crippen LogP contribution in [0.5, 0.6) is 5.75 Å². The van der Waals surface area contributed by atoms with Gasteiger partial charge in [-0.25, -0.2) is 4.79 Å². The van der Waals surface area contributed by atoms with Crippen LogP contribution >= 0.6 is 0 Å². The maximum absolute atomic E-state index is 14.8. The molecule has 12 amide bonds. The standard InChI is InChI=1S/C62H91N17O21/c1-6-30(4)50(78-56(94)40(21-32-13-15-34(82)16-14-32)74-55(93)42(23-48(86)87)71-47(85)27-69-52(90)37(70-46(84)25-63)12-9-19-67-62(65)66)59(97)76-41(22-33-26-68-36-11-8-7-10-35(33)36)54(92)77-44(28-80)58(96)73-39(20-29(2)3)53(91)75-43(24-49(88)89)57(95)79-51(31(5)81)60(98)72-38(61(99)100)17-18-45(64)83/h7-8,10-11,13-16,26,29-31,37-44,50-51,68,80-82H,6,9,12,17-25,27-28,63H2,1-5H3,(H2,64,83)(H,69,90)(H,70,84)(H,71,85)(H,72,98)(H,73,96)(H,74,93)(H,75,91)(H,76,97)(H,77,92)(H,78,94)(H,79,95)(H,86,87)(H,88,89)(H,99,100)(H4,65,66,67). The number of aliphatic hydroxyl groups is 2. The van der Waals surface area contributed by atoms with Crippen LogP contribution in [0.2, 0.25) is 0 Å². The molecule has 0 aliphatic heterocycles. The number of guanidine groups is 1. The van der Waals surface area contributed by atoms with Gasteiger partial charge in [-0.3, -0.25) is 72.1 Å². The number of aromatic hydroxyl groups is 1. The number of rotatable bonds is 44. The first-order chi connectivity index (χ1) is 47.1. The number of aliphatic hydroxyl groups excluding tert-OH is 2. The SMILES string of the molecule is CCC(C)C(NC(=O)C(Cc1ccc(O)cc1)NC(=O)C(CC(=O)O)NC(=O)CNC(=O)C(CCCN=C(N)N)NC(=O)CN)C(=O)NC(Cc1c[nH]c2ccccc12)C(=O)NC(CO)C(=O)NC(CC(C)C)C(=O)NC(CC(=O)O)C(=O)NC(C(=O)NC(CCC(N)=O)C(=O)O)C(C)O. The summed E-state index contributed by atoms with van der Waals surface area (Å²) in [4.78, 5) is 206. The van der Waals surface area contributed by atoms with Crippen molar-refractivity contribution in [3.63, 3.8) is 0 Å². The number of aromatic nitrogens is 1. The van der Waals surface area contributed by atoms with E-state index in [4.69, 9.17) is 22.9 Å². The van der Waals surface area contributed by atoms with Gasteiger partial charge >= 0.3 is 17.9 Å². The van der Waals surface area contributed by atoms with Gasteiger partial charge in [0.25, 0.3) is 0 Å². The second-order valence-electron chi connectivity index (χ2n) is 23.9. The molecule has 0 aliphatic rings. The van der Waals surface area contributed by atoms with Crippen LogP contribution in [0.25, 0.3) is 10.9 Å². The van der Waals surface area contributed by atoms with Crippen molar-refractivity contribution in [1.29, 1.82) is 0 Å². The molecule has 3 rings (SSSR count). The number of H-pyrrole nitrogens is 1. The Hall–Kier alpha value is -11.0. The lowest BCUT2D eigenvalue weighted by atomic mass is 9.96. The Bertz CT molecular complexity index is 3410. The molecule has 0 aliphatic carbocycles. The van der Waals surface area contributed by atoms with Crippen LogP contribution in [0.3, 0.4) is 0 Å². The van der Waals surface area contributed by atoms with E-state index in [2.05, 4.69) is 63.1 Å². The van der Waals surface area contributed by atoms with Gasteiger partial charge in [0.1, 0.15) is 66.2 Å². The van der Waals surface area contributed by atoms with Gasteiger partial charge in [0.2, 0.25) is 70.9 Å². The summed E-state index contributed by atoms with van der Waals surface area (Å²) in [6.45, 7) is 5.01. The number of nitrogens with two attached hydrogens (primary N) is 4. The predicted octanol–water partition coefficient (Wildman–Crippen LogP) is -6.60. The van der Waals surface area contributed by atoms with Gasteiger partial charge in [-0.2, -0.15) is 0 Å². The number of nitrogens with zero attached hydrogens (tertiary/aromatic N) is 1. The molecule has 0 fully saturated rings. The minimum atomic E-state index is -2.04. The van der Waals surface area contributed by atoms with E-state index < -0.39 is 219 Å². The lowest BCUT2D eigenvalue weighted by Crippen LogP contribution is -2.62. The molecule has 1 heterocycles. The van der Waals surface area contributed by atoms with Crippen LogP contribution in [0, 0.1) is 11.8 Å². The molecule has 550 valence electrons. The maximum Gasteiger partial charge on any atom is 0.326 e. The average Bonchev–Trinajstić information content (AvgIpc) is 1.80. The third kappa shape index (κ3) is 28.6. The number of amides is 12. The van der Waals surface area contributed by atoms with Gasteiger partial charge in [-0.15, -0.1) is 0 Å². The molecule has 12 unspecified atom stereocenters. The number of carboxylic acid groups (broad SMARTS) is 3. The van der Waals surface area contributed by atoms with E-state index in [9.17, 15) is 103 Å². The minimum absolute atomic E-state index is 0.0209. The van der Waals surface area contributed by atoms with Crippen LogP contribution in [-0.4, -0.2) is 223 Å². The van der Waals surface area contributed by atoms with Crippen molar-refractivity contribution in [3.8, 4) is 5.75 Å². The minimum Gasteiger partial charge on any atom is -0.508 e. The second kappa shape index (κ2) is 41.3. The third-order valence-electron chi connectivity index (χ3n) is 15.3. The molecule has 3 aromatic rings. The monoisotopic (exact) mass is 1410 g/mol. The average molecular weight is 1410 g/mol. The molecule has 12 atom stereocenters. The number of aliphatic carboxylic acids is 3. The van der Waals surface area contributed by atoms with Gasteiger partial charge in [-0.05, 0) is 73.8 Å². The molecule has 100 heavy (non-hydrogen) atoms. The van der Waals surface area contributed by atoms with Crippen LogP contribution in [0.1, 0.15) is 97.1 Å². The molecule has 26 N–H and O–H groups in total. The first-order valence-corrected chi connectivity index (χ1v) is 31.7. The number of phenols is 1. The number of aliphatic imine (C=N–C) groups is 1. The highest BCUT2D eigenvalue weighted by atomic mass is 16.4. The molecule has 0 bridgehead atoms. The van der Waals surface area contributed by atoms with E-state index in [1.165, 1.54) is 30.5 Å². The lowest BCUT2D eigenvalue weighted by Gasteiger charge is -2.30. The normalized spacial score (nSPS) is 14.7. The number of fused-ring (bicyclic) bond motifs is 1. The number of nitrogens with one attached hydrogen (secondary N) is 12. The van der Waals surface area contributed by atoms with Crippen LogP contribution in [0.15, 0.2) is 59.7 Å².